The number of carbonyl (C=O) groups is 5. The molecule has 0 radical (unpaired) electrons. The van der Waals surface area contributed by atoms with E-state index in [2.05, 4.69) is 14.8 Å². The molecule has 0 saturated heterocycles. The number of benzene rings is 2. The molecule has 0 bridgehead atoms. The molecule has 13 nitrogen and oxygen atoms in total. The summed E-state index contributed by atoms with van der Waals surface area (Å²) in [4.78, 5) is 60.5. The lowest BCUT2D eigenvalue weighted by Gasteiger charge is -2.15. The Morgan fingerprint density at radius 2 is 1.53 bits per heavy atom. The van der Waals surface area contributed by atoms with E-state index < -0.39 is 24.1 Å². The molecule has 0 aliphatic heterocycles. The van der Waals surface area contributed by atoms with Gasteiger partial charge in [0.05, 0.1) is 19.6 Å². The molecule has 0 aliphatic rings. The second-order valence-electron chi connectivity index (χ2n) is 9.59. The van der Waals surface area contributed by atoms with Crippen molar-refractivity contribution in [2.75, 3.05) is 20.8 Å². The van der Waals surface area contributed by atoms with Crippen molar-refractivity contribution >= 4 is 51.5 Å². The fourth-order valence-electron chi connectivity index (χ4n) is 4.21. The van der Waals surface area contributed by atoms with Crippen LogP contribution in [0.2, 0.25) is 0 Å². The van der Waals surface area contributed by atoms with Crippen LogP contribution in [0, 0.1) is 0 Å². The maximum absolute atomic E-state index is 12.9. The summed E-state index contributed by atoms with van der Waals surface area (Å²) in [5.74, 6) is -1.77. The van der Waals surface area contributed by atoms with Gasteiger partial charge < -0.3 is 40.1 Å². The Morgan fingerprint density at radius 1 is 0.860 bits per heavy atom. The number of hydrogen-bond donors (Lipinski definition) is 3. The largest absolute Gasteiger partial charge is 0.469 e. The maximum Gasteiger partial charge on any atom is 0.412 e. The van der Waals surface area contributed by atoms with Crippen LogP contribution in [0.25, 0.3) is 21.7 Å². The SMILES string of the molecule is C.COC(=O)CC[C@@H](N)CCCC(=O)Oc1c2ccccc2c(OC(=O)NCC[C@H](N)C(=O)OC)c2cc(C(C)=O)oc12. The van der Waals surface area contributed by atoms with Crippen molar-refractivity contribution in [2.24, 2.45) is 11.5 Å². The third-order valence-electron chi connectivity index (χ3n) is 6.49. The van der Waals surface area contributed by atoms with Crippen molar-refractivity contribution in [3.8, 4) is 11.5 Å². The summed E-state index contributed by atoms with van der Waals surface area (Å²) in [5, 5.41) is 3.61. The molecule has 3 aromatic rings. The summed E-state index contributed by atoms with van der Waals surface area (Å²) >= 11 is 0. The number of ether oxygens (including phenoxy) is 4. The van der Waals surface area contributed by atoms with Gasteiger partial charge in [-0.2, -0.15) is 0 Å². The Balaban J connectivity index is 0.00000645. The van der Waals surface area contributed by atoms with Crippen molar-refractivity contribution in [1.29, 1.82) is 0 Å². The number of rotatable bonds is 14. The zero-order chi connectivity index (χ0) is 30.8. The van der Waals surface area contributed by atoms with Gasteiger partial charge in [0.25, 0.3) is 0 Å². The number of furan rings is 1. The molecule has 3 rings (SSSR count). The number of nitrogens with two attached hydrogens (primary N) is 2. The summed E-state index contributed by atoms with van der Waals surface area (Å²) < 4.78 is 26.3. The van der Waals surface area contributed by atoms with Crippen molar-refractivity contribution in [3.05, 3.63) is 36.1 Å². The highest BCUT2D eigenvalue weighted by Gasteiger charge is 2.25. The summed E-state index contributed by atoms with van der Waals surface area (Å²) in [7, 11) is 2.52. The highest BCUT2D eigenvalue weighted by molar-refractivity contribution is 6.12. The number of carbonyl (C=O) groups excluding carboxylic acids is 5. The molecule has 2 atom stereocenters. The molecule has 1 amide bonds. The van der Waals surface area contributed by atoms with Gasteiger partial charge in [0.15, 0.2) is 28.6 Å². The van der Waals surface area contributed by atoms with Gasteiger partial charge in [0.2, 0.25) is 0 Å². The van der Waals surface area contributed by atoms with Gasteiger partial charge in [-0.3, -0.25) is 19.2 Å². The Bertz CT molecular complexity index is 1470. The molecule has 234 valence electrons. The van der Waals surface area contributed by atoms with Crippen molar-refractivity contribution in [2.45, 2.75) is 65.0 Å². The lowest BCUT2D eigenvalue weighted by Crippen LogP contribution is -2.37. The first-order chi connectivity index (χ1) is 20.0. The lowest BCUT2D eigenvalue weighted by atomic mass is 10.0. The molecule has 0 unspecified atom stereocenters. The molecular weight excluding hydrogens is 562 g/mol. The molecule has 13 heteroatoms. The van der Waals surface area contributed by atoms with Crippen LogP contribution in [0.1, 0.15) is 63.4 Å². The van der Waals surface area contributed by atoms with Gasteiger partial charge in [-0.25, -0.2) is 4.79 Å². The van der Waals surface area contributed by atoms with Crippen molar-refractivity contribution in [3.63, 3.8) is 0 Å². The van der Waals surface area contributed by atoms with E-state index in [-0.39, 0.29) is 79.3 Å². The van der Waals surface area contributed by atoms with Gasteiger partial charge in [-0.15, -0.1) is 0 Å². The number of esters is 3. The standard InChI is InChI=1S/C29H35N3O10.CH4/c1-16(33)22-15-20-25(42-29(37)32-14-13-21(31)28(36)39-3)18-8-4-5-9-19(18)26(27(20)40-22)41-24(35)10-6-7-17(30)11-12-23(34)38-2;/h4-5,8-9,15,17,21H,6-7,10-14,30-31H2,1-3H3,(H,32,37);1H4/t17-,21-;/m0./s1. The maximum atomic E-state index is 12.9. The monoisotopic (exact) mass is 601 g/mol. The van der Waals surface area contributed by atoms with Crippen LogP contribution in [-0.4, -0.2) is 62.6 Å². The van der Waals surface area contributed by atoms with Crippen LogP contribution in [0.4, 0.5) is 4.79 Å². The van der Waals surface area contributed by atoms with Crippen LogP contribution in [0.15, 0.2) is 34.7 Å². The number of methoxy groups -OCH3 is 2. The minimum atomic E-state index is -0.917. The molecular formula is C30H39N3O10. The Kier molecular flexibility index (Phi) is 13.1. The summed E-state index contributed by atoms with van der Waals surface area (Å²) in [5.41, 5.74) is 11.8. The highest BCUT2D eigenvalue weighted by Crippen LogP contribution is 2.44. The van der Waals surface area contributed by atoms with Crippen LogP contribution in [-0.2, 0) is 23.9 Å². The van der Waals surface area contributed by atoms with E-state index in [0.717, 1.165) is 0 Å². The van der Waals surface area contributed by atoms with Crippen LogP contribution in [0.3, 0.4) is 0 Å². The van der Waals surface area contributed by atoms with Crippen LogP contribution in [0.5, 0.6) is 11.5 Å². The number of nitrogens with one attached hydrogen (secondary N) is 1. The van der Waals surface area contributed by atoms with E-state index in [0.29, 0.717) is 30.0 Å². The first kappa shape index (κ1) is 34.7. The predicted octanol–water partition coefficient (Wildman–Crippen LogP) is 3.76. The quantitative estimate of drug-likeness (QED) is 0.137. The molecule has 1 heterocycles. The number of amides is 1. The van der Waals surface area contributed by atoms with E-state index in [4.69, 9.17) is 25.4 Å². The number of hydrogen-bond acceptors (Lipinski definition) is 12. The van der Waals surface area contributed by atoms with Gasteiger partial charge in [-0.05, 0) is 31.7 Å². The Hall–Kier alpha value is -4.49. The fraction of sp³-hybridized carbons (Fsp3) is 0.433. The zero-order valence-electron chi connectivity index (χ0n) is 23.7. The summed E-state index contributed by atoms with van der Waals surface area (Å²) in [6, 6.07) is 6.96. The number of fused-ring (bicyclic) bond motifs is 2. The third-order valence-corrected chi connectivity index (χ3v) is 6.49. The molecule has 0 fully saturated rings. The molecule has 1 aromatic heterocycles. The Morgan fingerprint density at radius 3 is 2.16 bits per heavy atom. The van der Waals surface area contributed by atoms with E-state index in [1.54, 1.807) is 24.3 Å². The molecule has 0 spiro atoms. The molecule has 2 aromatic carbocycles. The van der Waals surface area contributed by atoms with Crippen LogP contribution >= 0.6 is 0 Å². The predicted molar refractivity (Wildman–Crippen MR) is 158 cm³/mol. The van der Waals surface area contributed by atoms with E-state index in [1.807, 2.05) is 0 Å². The summed E-state index contributed by atoms with van der Waals surface area (Å²) in [6.45, 7) is 1.34. The minimum Gasteiger partial charge on any atom is -0.469 e. The van der Waals surface area contributed by atoms with Crippen LogP contribution < -0.4 is 26.3 Å². The number of Topliss-reactive ketones (excluding diaryl/α,β-unsaturated/α-hetero) is 1. The minimum absolute atomic E-state index is 0. The van der Waals surface area contributed by atoms with Gasteiger partial charge in [-0.1, -0.05) is 31.7 Å². The zero-order valence-corrected chi connectivity index (χ0v) is 23.7. The topological polar surface area (TPSA) is 199 Å². The van der Waals surface area contributed by atoms with E-state index in [9.17, 15) is 24.0 Å². The first-order valence-corrected chi connectivity index (χ1v) is 13.4. The first-order valence-electron chi connectivity index (χ1n) is 13.4. The van der Waals surface area contributed by atoms with Gasteiger partial charge in [0, 0.05) is 43.1 Å². The molecule has 5 N–H and O–H groups in total. The van der Waals surface area contributed by atoms with E-state index in [1.165, 1.54) is 27.2 Å². The van der Waals surface area contributed by atoms with Gasteiger partial charge >= 0.3 is 24.0 Å². The number of ketones is 1. The van der Waals surface area contributed by atoms with Gasteiger partial charge in [0.1, 0.15) is 6.04 Å². The highest BCUT2D eigenvalue weighted by atomic mass is 16.6. The van der Waals surface area contributed by atoms with Crippen molar-refractivity contribution in [1.82, 2.24) is 5.32 Å². The lowest BCUT2D eigenvalue weighted by molar-refractivity contribution is -0.142. The molecule has 43 heavy (non-hydrogen) atoms. The smallest absolute Gasteiger partial charge is 0.412 e. The fourth-order valence-corrected chi connectivity index (χ4v) is 4.21. The normalized spacial score (nSPS) is 12.1. The molecule has 0 aliphatic carbocycles. The second-order valence-corrected chi connectivity index (χ2v) is 9.59. The summed E-state index contributed by atoms with van der Waals surface area (Å²) in [6.07, 6.45) is 0.845. The van der Waals surface area contributed by atoms with Crippen molar-refractivity contribution < 1.29 is 47.3 Å². The second kappa shape index (κ2) is 16.2. The third kappa shape index (κ3) is 9.25. The Labute approximate surface area is 249 Å². The molecule has 0 saturated carbocycles. The average Bonchev–Trinajstić information content (AvgIpc) is 3.43. The van der Waals surface area contributed by atoms with E-state index >= 15 is 0 Å². The average molecular weight is 602 g/mol.